The fraction of sp³-hybridized carbons (Fsp3) is 0.462. The highest BCUT2D eigenvalue weighted by atomic mass is 35.5. The number of rotatable bonds is 5. The van der Waals surface area contributed by atoms with Gasteiger partial charge in [0.15, 0.2) is 0 Å². The summed E-state index contributed by atoms with van der Waals surface area (Å²) in [5.41, 5.74) is 5.91. The predicted octanol–water partition coefficient (Wildman–Crippen LogP) is 3.08. The van der Waals surface area contributed by atoms with E-state index in [1.807, 2.05) is 20.8 Å². The lowest BCUT2D eigenvalue weighted by atomic mass is 10.1. The largest absolute Gasteiger partial charge is 0.506 e. The molecule has 6 heteroatoms. The Bertz CT molecular complexity index is 425. The van der Waals surface area contributed by atoms with E-state index in [-0.39, 0.29) is 15.8 Å². The molecule has 0 heterocycles. The zero-order chi connectivity index (χ0) is 15.0. The van der Waals surface area contributed by atoms with Gasteiger partial charge in [0, 0.05) is 6.54 Å². The lowest BCUT2D eigenvalue weighted by Gasteiger charge is -2.14. The second kappa shape index (κ2) is 9.02. The molecule has 1 aromatic carbocycles. The molecule has 1 rings (SSSR count). The van der Waals surface area contributed by atoms with Crippen molar-refractivity contribution in [3.8, 4) is 5.75 Å². The van der Waals surface area contributed by atoms with Crippen LogP contribution >= 0.6 is 23.2 Å². The Morgan fingerprint density at radius 2 is 1.95 bits per heavy atom. The monoisotopic (exact) mass is 306 g/mol. The van der Waals surface area contributed by atoms with Gasteiger partial charge in [0.25, 0.3) is 0 Å². The molecular weight excluding hydrogens is 287 g/mol. The number of phenolic OH excluding ortho intramolecular Hbond substituents is 1. The van der Waals surface area contributed by atoms with Gasteiger partial charge < -0.3 is 16.2 Å². The van der Waals surface area contributed by atoms with E-state index in [0.717, 1.165) is 0 Å². The first-order valence-corrected chi connectivity index (χ1v) is 6.91. The summed E-state index contributed by atoms with van der Waals surface area (Å²) in [5, 5.41) is 12.7. The van der Waals surface area contributed by atoms with Gasteiger partial charge in [-0.3, -0.25) is 4.79 Å². The van der Waals surface area contributed by atoms with Crippen LogP contribution in [-0.4, -0.2) is 17.1 Å². The minimum atomic E-state index is -0.409. The molecule has 0 spiro atoms. The number of carbonyl (C=O) groups excluding carboxylic acids is 1. The molecule has 0 aliphatic carbocycles. The Labute approximate surface area is 123 Å². The normalized spacial score (nSPS) is 11.4. The first-order chi connectivity index (χ1) is 8.97. The Balaban J connectivity index is 0.00000154. The number of carbonyl (C=O) groups is 1. The topological polar surface area (TPSA) is 75.3 Å². The van der Waals surface area contributed by atoms with Crippen LogP contribution in [0.4, 0.5) is 0 Å². The molecule has 108 valence electrons. The average Bonchev–Trinajstić information content (AvgIpc) is 2.41. The van der Waals surface area contributed by atoms with Crippen LogP contribution in [-0.2, 0) is 11.3 Å². The van der Waals surface area contributed by atoms with E-state index >= 15 is 0 Å². The van der Waals surface area contributed by atoms with Crippen LogP contribution in [0.2, 0.25) is 10.0 Å². The van der Waals surface area contributed by atoms with Crippen LogP contribution in [0.15, 0.2) is 12.1 Å². The van der Waals surface area contributed by atoms with Gasteiger partial charge in [-0.1, -0.05) is 50.0 Å². The molecule has 1 atom stereocenters. The maximum atomic E-state index is 11.0. The Morgan fingerprint density at radius 3 is 2.42 bits per heavy atom. The fourth-order valence-corrected chi connectivity index (χ4v) is 1.81. The molecule has 0 bridgehead atoms. The van der Waals surface area contributed by atoms with E-state index in [0.29, 0.717) is 18.5 Å². The molecular formula is C13H20Cl2N2O2. The highest BCUT2D eigenvalue weighted by Gasteiger charge is 2.14. The van der Waals surface area contributed by atoms with Gasteiger partial charge in [-0.05, 0) is 18.1 Å². The van der Waals surface area contributed by atoms with Crippen molar-refractivity contribution in [1.29, 1.82) is 0 Å². The molecule has 1 aromatic rings. The number of nitrogens with one attached hydrogen (secondary N) is 1. The van der Waals surface area contributed by atoms with Gasteiger partial charge >= 0.3 is 0 Å². The van der Waals surface area contributed by atoms with Gasteiger partial charge in [0.05, 0.1) is 11.1 Å². The van der Waals surface area contributed by atoms with E-state index in [1.54, 1.807) is 6.07 Å². The number of hydrogen-bond acceptors (Lipinski definition) is 3. The fourth-order valence-electron chi connectivity index (χ4n) is 1.40. The minimum absolute atomic E-state index is 0.0673. The standard InChI is InChI=1S/C11H14Cl2N2O2.C2H6/c1-2-7(11(14)17)15-5-6-3-4-8(16)10(13)9(6)12;1-2/h3-4,7,15-16H,2,5H2,1H3,(H2,14,17);1-2H3. The number of primary amides is 1. The number of halogens is 2. The van der Waals surface area contributed by atoms with Crippen LogP contribution in [0.1, 0.15) is 32.8 Å². The van der Waals surface area contributed by atoms with Gasteiger partial charge in [-0.25, -0.2) is 0 Å². The molecule has 0 saturated carbocycles. The first-order valence-electron chi connectivity index (χ1n) is 6.15. The molecule has 4 N–H and O–H groups in total. The van der Waals surface area contributed by atoms with Crippen molar-refractivity contribution < 1.29 is 9.90 Å². The van der Waals surface area contributed by atoms with Crippen LogP contribution in [0.3, 0.4) is 0 Å². The number of amides is 1. The highest BCUT2D eigenvalue weighted by Crippen LogP contribution is 2.33. The number of hydrogen-bond donors (Lipinski definition) is 3. The molecule has 0 radical (unpaired) electrons. The third kappa shape index (κ3) is 5.27. The van der Waals surface area contributed by atoms with Gasteiger partial charge in [0.2, 0.25) is 5.91 Å². The van der Waals surface area contributed by atoms with Gasteiger partial charge in [-0.15, -0.1) is 0 Å². The molecule has 0 saturated heterocycles. The quantitative estimate of drug-likeness (QED) is 0.782. The number of benzene rings is 1. The Kier molecular flexibility index (Phi) is 8.56. The lowest BCUT2D eigenvalue weighted by Crippen LogP contribution is -2.40. The summed E-state index contributed by atoms with van der Waals surface area (Å²) < 4.78 is 0. The van der Waals surface area contributed by atoms with Crippen molar-refractivity contribution >= 4 is 29.1 Å². The summed E-state index contributed by atoms with van der Waals surface area (Å²) >= 11 is 11.7. The summed E-state index contributed by atoms with van der Waals surface area (Å²) in [4.78, 5) is 11.0. The van der Waals surface area contributed by atoms with Crippen molar-refractivity contribution in [3.63, 3.8) is 0 Å². The molecule has 1 unspecified atom stereocenters. The van der Waals surface area contributed by atoms with Crippen molar-refractivity contribution in [2.75, 3.05) is 0 Å². The second-order valence-corrected chi connectivity index (χ2v) is 4.37. The lowest BCUT2D eigenvalue weighted by molar-refractivity contribution is -0.120. The van der Waals surface area contributed by atoms with E-state index in [9.17, 15) is 9.90 Å². The van der Waals surface area contributed by atoms with Crippen molar-refractivity contribution in [2.24, 2.45) is 5.73 Å². The third-order valence-corrected chi connectivity index (χ3v) is 3.34. The van der Waals surface area contributed by atoms with Crippen LogP contribution in [0.5, 0.6) is 5.75 Å². The minimum Gasteiger partial charge on any atom is -0.506 e. The van der Waals surface area contributed by atoms with Crippen molar-refractivity contribution in [1.82, 2.24) is 5.32 Å². The summed E-state index contributed by atoms with van der Waals surface area (Å²) in [6.07, 6.45) is 0.596. The van der Waals surface area contributed by atoms with Gasteiger partial charge in [-0.2, -0.15) is 0 Å². The predicted molar refractivity (Wildman–Crippen MR) is 79.6 cm³/mol. The maximum Gasteiger partial charge on any atom is 0.234 e. The molecule has 0 fully saturated rings. The van der Waals surface area contributed by atoms with Crippen molar-refractivity contribution in [3.05, 3.63) is 27.7 Å². The molecule has 4 nitrogen and oxygen atoms in total. The SMILES string of the molecule is CC.CCC(NCc1ccc(O)c(Cl)c1Cl)C(N)=O. The maximum absolute atomic E-state index is 11.0. The molecule has 0 aliphatic heterocycles. The van der Waals surface area contributed by atoms with E-state index < -0.39 is 11.9 Å². The number of nitrogens with two attached hydrogens (primary N) is 1. The summed E-state index contributed by atoms with van der Waals surface area (Å²) in [6, 6.07) is 2.69. The number of phenols is 1. The van der Waals surface area contributed by atoms with E-state index in [4.69, 9.17) is 28.9 Å². The smallest absolute Gasteiger partial charge is 0.234 e. The second-order valence-electron chi connectivity index (χ2n) is 3.62. The molecule has 1 amide bonds. The first kappa shape index (κ1) is 18.0. The zero-order valence-corrected chi connectivity index (χ0v) is 12.8. The van der Waals surface area contributed by atoms with Crippen LogP contribution in [0.25, 0.3) is 0 Å². The van der Waals surface area contributed by atoms with Crippen LogP contribution < -0.4 is 11.1 Å². The molecule has 0 aromatic heterocycles. The Hall–Kier alpha value is -0.970. The zero-order valence-electron chi connectivity index (χ0n) is 11.3. The number of aromatic hydroxyl groups is 1. The third-order valence-electron chi connectivity index (χ3n) is 2.43. The Morgan fingerprint density at radius 1 is 1.37 bits per heavy atom. The summed E-state index contributed by atoms with van der Waals surface area (Å²) in [5.74, 6) is -0.476. The van der Waals surface area contributed by atoms with Crippen molar-refractivity contribution in [2.45, 2.75) is 39.8 Å². The molecule has 0 aliphatic rings. The summed E-state index contributed by atoms with van der Waals surface area (Å²) in [7, 11) is 0. The average molecular weight is 307 g/mol. The molecule has 19 heavy (non-hydrogen) atoms. The summed E-state index contributed by atoms with van der Waals surface area (Å²) in [6.45, 7) is 6.22. The highest BCUT2D eigenvalue weighted by molar-refractivity contribution is 6.43. The van der Waals surface area contributed by atoms with Gasteiger partial charge in [0.1, 0.15) is 10.8 Å². The van der Waals surface area contributed by atoms with E-state index in [1.165, 1.54) is 6.07 Å². The van der Waals surface area contributed by atoms with E-state index in [2.05, 4.69) is 5.32 Å². The van der Waals surface area contributed by atoms with Crippen LogP contribution in [0, 0.1) is 0 Å².